The number of hydrogen-bond acceptors (Lipinski definition) is 4. The number of aryl methyl sites for hydroxylation is 1. The molecule has 1 aliphatic rings. The smallest absolute Gasteiger partial charge is 0.317 e. The highest BCUT2D eigenvalue weighted by Gasteiger charge is 2.31. The highest BCUT2D eigenvalue weighted by molar-refractivity contribution is 6.31. The molecule has 2 heterocycles. The number of rotatable bonds is 5. The van der Waals surface area contributed by atoms with E-state index in [2.05, 4.69) is 20.4 Å². The predicted molar refractivity (Wildman–Crippen MR) is 121 cm³/mol. The standard InChI is InChI=1S/C23H25ClFN5O/c1-3-30(23(31)26-12-17-10-15(2)20(24)11-21(17)25)18-8-9-29(14-18)22-19-7-5-4-6-16(19)13-27-28-22/h4-7,10-11,13,18H,3,8-9,12,14H2,1-2H3,(H,26,31)/t18-/m0/s1. The topological polar surface area (TPSA) is 61.4 Å². The van der Waals surface area contributed by atoms with E-state index in [4.69, 9.17) is 11.6 Å². The van der Waals surface area contributed by atoms with Crippen molar-refractivity contribution in [3.05, 3.63) is 64.6 Å². The van der Waals surface area contributed by atoms with Crippen LogP contribution >= 0.6 is 11.6 Å². The van der Waals surface area contributed by atoms with Crippen LogP contribution in [0.1, 0.15) is 24.5 Å². The Hall–Kier alpha value is -2.93. The molecule has 6 nitrogen and oxygen atoms in total. The van der Waals surface area contributed by atoms with E-state index < -0.39 is 5.82 Å². The molecule has 162 valence electrons. The maximum Gasteiger partial charge on any atom is 0.317 e. The Kier molecular flexibility index (Phi) is 6.23. The lowest BCUT2D eigenvalue weighted by atomic mass is 10.1. The molecule has 8 heteroatoms. The number of urea groups is 1. The van der Waals surface area contributed by atoms with E-state index in [1.54, 1.807) is 17.2 Å². The van der Waals surface area contributed by atoms with E-state index in [1.165, 1.54) is 6.07 Å². The molecule has 1 aromatic heterocycles. The summed E-state index contributed by atoms with van der Waals surface area (Å²) in [6, 6.07) is 10.8. The quantitative estimate of drug-likeness (QED) is 0.631. The zero-order valence-corrected chi connectivity index (χ0v) is 18.4. The normalized spacial score (nSPS) is 16.0. The van der Waals surface area contributed by atoms with Crippen molar-refractivity contribution >= 4 is 34.2 Å². The molecule has 0 bridgehead atoms. The molecule has 0 saturated carbocycles. The number of amides is 2. The van der Waals surface area contributed by atoms with Crippen LogP contribution in [-0.2, 0) is 6.54 Å². The van der Waals surface area contributed by atoms with Gasteiger partial charge >= 0.3 is 6.03 Å². The van der Waals surface area contributed by atoms with E-state index in [0.717, 1.165) is 35.1 Å². The molecule has 0 aliphatic carbocycles. The average molecular weight is 442 g/mol. The number of halogens is 2. The highest BCUT2D eigenvalue weighted by Crippen LogP contribution is 2.28. The number of likely N-dealkylation sites (N-methyl/N-ethyl adjacent to an activating group) is 1. The molecule has 0 spiro atoms. The minimum absolute atomic E-state index is 0.0440. The van der Waals surface area contributed by atoms with Gasteiger partial charge in [0.1, 0.15) is 5.82 Å². The number of hydrogen-bond donors (Lipinski definition) is 1. The first kappa shape index (κ1) is 21.3. The lowest BCUT2D eigenvalue weighted by Crippen LogP contribution is -2.47. The van der Waals surface area contributed by atoms with Gasteiger partial charge in [-0.3, -0.25) is 0 Å². The summed E-state index contributed by atoms with van der Waals surface area (Å²) in [4.78, 5) is 16.9. The molecule has 1 N–H and O–H groups in total. The van der Waals surface area contributed by atoms with Gasteiger partial charge in [0, 0.05) is 47.5 Å². The van der Waals surface area contributed by atoms with Gasteiger partial charge < -0.3 is 15.1 Å². The van der Waals surface area contributed by atoms with Crippen LogP contribution in [0.3, 0.4) is 0 Å². The summed E-state index contributed by atoms with van der Waals surface area (Å²) >= 11 is 5.96. The van der Waals surface area contributed by atoms with E-state index >= 15 is 0 Å². The molecule has 1 saturated heterocycles. The van der Waals surface area contributed by atoms with Gasteiger partial charge in [0.2, 0.25) is 0 Å². The van der Waals surface area contributed by atoms with Crippen LogP contribution in [0.5, 0.6) is 0 Å². The molecule has 1 atom stereocenters. The Morgan fingerprint density at radius 2 is 2.16 bits per heavy atom. The summed E-state index contributed by atoms with van der Waals surface area (Å²) in [6.07, 6.45) is 2.59. The fourth-order valence-corrected chi connectivity index (χ4v) is 4.28. The Bertz CT molecular complexity index is 1100. The van der Waals surface area contributed by atoms with Gasteiger partial charge in [-0.25, -0.2) is 9.18 Å². The van der Waals surface area contributed by atoms with E-state index in [0.29, 0.717) is 23.7 Å². The minimum Gasteiger partial charge on any atom is -0.352 e. The SMILES string of the molecule is CCN(C(=O)NCc1cc(C)c(Cl)cc1F)[C@H]1CCN(c2nncc3ccccc23)C1. The lowest BCUT2D eigenvalue weighted by Gasteiger charge is -2.28. The van der Waals surface area contributed by atoms with Crippen molar-refractivity contribution < 1.29 is 9.18 Å². The first-order valence-corrected chi connectivity index (χ1v) is 10.8. The molecular formula is C23H25ClFN5O. The maximum atomic E-state index is 14.2. The minimum atomic E-state index is -0.416. The average Bonchev–Trinajstić information content (AvgIpc) is 3.25. The van der Waals surface area contributed by atoms with Gasteiger partial charge in [0.25, 0.3) is 0 Å². The van der Waals surface area contributed by atoms with Crippen molar-refractivity contribution in [3.8, 4) is 0 Å². The maximum absolute atomic E-state index is 14.2. The molecule has 1 fully saturated rings. The number of carbonyl (C=O) groups excluding carboxylic acids is 1. The summed E-state index contributed by atoms with van der Waals surface area (Å²) in [5.74, 6) is 0.427. The van der Waals surface area contributed by atoms with Gasteiger partial charge in [0.05, 0.1) is 12.2 Å². The van der Waals surface area contributed by atoms with Gasteiger partial charge in [-0.15, -0.1) is 5.10 Å². The van der Waals surface area contributed by atoms with Crippen LogP contribution in [0.25, 0.3) is 10.8 Å². The summed E-state index contributed by atoms with van der Waals surface area (Å²) in [7, 11) is 0. The highest BCUT2D eigenvalue weighted by atomic mass is 35.5. The van der Waals surface area contributed by atoms with Crippen LogP contribution in [0.2, 0.25) is 5.02 Å². The third-order valence-electron chi connectivity index (χ3n) is 5.81. The first-order valence-electron chi connectivity index (χ1n) is 10.4. The predicted octanol–water partition coefficient (Wildman–Crippen LogP) is 4.54. The van der Waals surface area contributed by atoms with Crippen LogP contribution in [0.15, 0.2) is 42.6 Å². The second-order valence-corrected chi connectivity index (χ2v) is 8.19. The van der Waals surface area contributed by atoms with Crippen molar-refractivity contribution in [1.29, 1.82) is 0 Å². The summed E-state index contributed by atoms with van der Waals surface area (Å²) in [5.41, 5.74) is 1.20. The summed E-state index contributed by atoms with van der Waals surface area (Å²) in [6.45, 7) is 5.92. The number of aromatic nitrogens is 2. The van der Waals surface area contributed by atoms with Crippen molar-refractivity contribution in [1.82, 2.24) is 20.4 Å². The monoisotopic (exact) mass is 441 g/mol. The molecule has 31 heavy (non-hydrogen) atoms. The molecule has 0 radical (unpaired) electrons. The molecule has 0 unspecified atom stereocenters. The third kappa shape index (κ3) is 4.42. The third-order valence-corrected chi connectivity index (χ3v) is 6.22. The van der Waals surface area contributed by atoms with Crippen molar-refractivity contribution in [2.45, 2.75) is 32.9 Å². The zero-order valence-electron chi connectivity index (χ0n) is 17.6. The Morgan fingerprint density at radius 1 is 1.35 bits per heavy atom. The molecular weight excluding hydrogens is 417 g/mol. The number of benzene rings is 2. The number of anilines is 1. The summed E-state index contributed by atoms with van der Waals surface area (Å²) < 4.78 is 14.2. The van der Waals surface area contributed by atoms with Crippen LogP contribution in [-0.4, -0.2) is 46.8 Å². The van der Waals surface area contributed by atoms with Crippen LogP contribution in [0.4, 0.5) is 15.0 Å². The van der Waals surface area contributed by atoms with Gasteiger partial charge in [-0.1, -0.05) is 35.9 Å². The first-order chi connectivity index (χ1) is 15.0. The van der Waals surface area contributed by atoms with Gasteiger partial charge in [-0.05, 0) is 38.0 Å². The second kappa shape index (κ2) is 9.06. The second-order valence-electron chi connectivity index (χ2n) is 7.78. The van der Waals surface area contributed by atoms with Crippen molar-refractivity contribution in [2.75, 3.05) is 24.5 Å². The molecule has 1 aliphatic heterocycles. The van der Waals surface area contributed by atoms with Crippen LogP contribution < -0.4 is 10.2 Å². The Morgan fingerprint density at radius 3 is 2.97 bits per heavy atom. The fourth-order valence-electron chi connectivity index (χ4n) is 4.13. The largest absolute Gasteiger partial charge is 0.352 e. The van der Waals surface area contributed by atoms with Crippen LogP contribution in [0, 0.1) is 12.7 Å². The van der Waals surface area contributed by atoms with Gasteiger partial charge in [0.15, 0.2) is 5.82 Å². The number of carbonyl (C=O) groups is 1. The molecule has 4 rings (SSSR count). The number of nitrogens with one attached hydrogen (secondary N) is 1. The molecule has 2 amide bonds. The zero-order chi connectivity index (χ0) is 22.0. The van der Waals surface area contributed by atoms with Crippen molar-refractivity contribution in [3.63, 3.8) is 0 Å². The van der Waals surface area contributed by atoms with E-state index in [1.807, 2.05) is 38.1 Å². The molecule has 2 aromatic carbocycles. The Labute approximate surface area is 186 Å². The van der Waals surface area contributed by atoms with Gasteiger partial charge in [-0.2, -0.15) is 5.10 Å². The Balaban J connectivity index is 1.44. The van der Waals surface area contributed by atoms with E-state index in [9.17, 15) is 9.18 Å². The number of nitrogens with zero attached hydrogens (tertiary/aromatic N) is 4. The fraction of sp³-hybridized carbons (Fsp3) is 0.348. The summed E-state index contributed by atoms with van der Waals surface area (Å²) in [5, 5.41) is 13.8. The van der Waals surface area contributed by atoms with E-state index in [-0.39, 0.29) is 18.6 Å². The van der Waals surface area contributed by atoms with Crippen molar-refractivity contribution in [2.24, 2.45) is 0 Å². The lowest BCUT2D eigenvalue weighted by molar-refractivity contribution is 0.182. The number of fused-ring (bicyclic) bond motifs is 1. The molecule has 3 aromatic rings.